The van der Waals surface area contributed by atoms with Crippen LogP contribution in [0.15, 0.2) is 0 Å². The van der Waals surface area contributed by atoms with Gasteiger partial charge in [0.15, 0.2) is 0 Å². The maximum absolute atomic E-state index is 6.35. The number of unbranched alkanes of at least 4 members (excludes halogenated alkanes) is 2. The van der Waals surface area contributed by atoms with E-state index in [-0.39, 0.29) is 0 Å². The monoisotopic (exact) mass is 312 g/mol. The molecule has 0 aliphatic rings. The molecule has 134 valence electrons. The summed E-state index contributed by atoms with van der Waals surface area (Å²) < 4.78 is 0. The molecule has 0 saturated carbocycles. The lowest BCUT2D eigenvalue weighted by Gasteiger charge is -2.41. The van der Waals surface area contributed by atoms with Crippen molar-refractivity contribution in [1.29, 1.82) is 0 Å². The van der Waals surface area contributed by atoms with Crippen molar-refractivity contribution in [2.24, 2.45) is 17.1 Å². The van der Waals surface area contributed by atoms with Crippen molar-refractivity contribution < 1.29 is 0 Å². The average Bonchev–Trinajstić information content (AvgIpc) is 2.52. The van der Waals surface area contributed by atoms with E-state index in [1.807, 2.05) is 0 Å². The quantitative estimate of drug-likeness (QED) is 0.432. The van der Waals surface area contributed by atoms with Crippen molar-refractivity contribution in [3.63, 3.8) is 0 Å². The Morgan fingerprint density at radius 2 is 1.73 bits per heavy atom. The van der Waals surface area contributed by atoms with Gasteiger partial charge in [-0.3, -0.25) is 0 Å². The zero-order chi connectivity index (χ0) is 17.0. The summed E-state index contributed by atoms with van der Waals surface area (Å²) in [6.07, 6.45) is 11.7. The van der Waals surface area contributed by atoms with Gasteiger partial charge in [0.05, 0.1) is 0 Å². The van der Waals surface area contributed by atoms with E-state index >= 15 is 0 Å². The van der Waals surface area contributed by atoms with Gasteiger partial charge in [-0.05, 0) is 57.2 Å². The highest BCUT2D eigenvalue weighted by molar-refractivity contribution is 4.86. The predicted octanol–water partition coefficient (Wildman–Crippen LogP) is 5.46. The Balaban J connectivity index is 4.50. The summed E-state index contributed by atoms with van der Waals surface area (Å²) in [5.74, 6) is 0.804. The largest absolute Gasteiger partial charge is 0.328 e. The molecule has 0 amide bonds. The first-order valence-corrected chi connectivity index (χ1v) is 9.89. The van der Waals surface area contributed by atoms with Gasteiger partial charge in [0.1, 0.15) is 0 Å². The summed E-state index contributed by atoms with van der Waals surface area (Å²) in [7, 11) is 2.22. The number of nitrogens with zero attached hydrogens (tertiary/aromatic N) is 1. The van der Waals surface area contributed by atoms with Gasteiger partial charge in [-0.15, -0.1) is 0 Å². The predicted molar refractivity (Wildman–Crippen MR) is 101 cm³/mol. The minimum atomic E-state index is 0.380. The van der Waals surface area contributed by atoms with Crippen LogP contribution in [0.25, 0.3) is 0 Å². The fraction of sp³-hybridized carbons (Fsp3) is 1.00. The number of hydrogen-bond acceptors (Lipinski definition) is 2. The third-order valence-electron chi connectivity index (χ3n) is 5.92. The molecule has 0 rings (SSSR count). The Kier molecular flexibility index (Phi) is 12.3. The van der Waals surface area contributed by atoms with Crippen molar-refractivity contribution in [3.8, 4) is 0 Å². The molecule has 0 aromatic heterocycles. The molecule has 0 bridgehead atoms. The van der Waals surface area contributed by atoms with Crippen molar-refractivity contribution >= 4 is 0 Å². The minimum absolute atomic E-state index is 0.380. The van der Waals surface area contributed by atoms with Gasteiger partial charge in [-0.25, -0.2) is 0 Å². The van der Waals surface area contributed by atoms with E-state index in [1.165, 1.54) is 57.9 Å². The summed E-state index contributed by atoms with van der Waals surface area (Å²) >= 11 is 0. The van der Waals surface area contributed by atoms with Crippen LogP contribution in [0.2, 0.25) is 0 Å². The molecule has 0 aliphatic carbocycles. The number of hydrogen-bond donors (Lipinski definition) is 1. The van der Waals surface area contributed by atoms with Crippen LogP contribution < -0.4 is 5.73 Å². The maximum Gasteiger partial charge on any atom is 0.00415 e. The van der Waals surface area contributed by atoms with Crippen molar-refractivity contribution in [3.05, 3.63) is 0 Å². The summed E-state index contributed by atoms with van der Waals surface area (Å²) in [4.78, 5) is 2.42. The van der Waals surface area contributed by atoms with E-state index in [1.54, 1.807) is 0 Å². The zero-order valence-corrected chi connectivity index (χ0v) is 16.5. The molecule has 0 aliphatic heterocycles. The highest BCUT2D eigenvalue weighted by Gasteiger charge is 2.34. The Hall–Kier alpha value is -0.0800. The summed E-state index contributed by atoms with van der Waals surface area (Å²) in [6.45, 7) is 14.1. The second-order valence-electron chi connectivity index (χ2n) is 7.48. The second-order valence-corrected chi connectivity index (χ2v) is 7.48. The average molecular weight is 313 g/mol. The van der Waals surface area contributed by atoms with E-state index < -0.39 is 0 Å². The smallest absolute Gasteiger partial charge is 0.00415 e. The molecule has 22 heavy (non-hydrogen) atoms. The molecular weight excluding hydrogens is 268 g/mol. The first-order chi connectivity index (χ1) is 10.5. The van der Waals surface area contributed by atoms with Crippen molar-refractivity contribution in [2.45, 2.75) is 98.4 Å². The van der Waals surface area contributed by atoms with E-state index in [9.17, 15) is 0 Å². The lowest BCUT2D eigenvalue weighted by Crippen LogP contribution is -2.36. The van der Waals surface area contributed by atoms with E-state index in [0.29, 0.717) is 11.5 Å². The van der Waals surface area contributed by atoms with Crippen molar-refractivity contribution in [2.75, 3.05) is 20.1 Å². The molecule has 0 radical (unpaired) electrons. The molecule has 0 spiro atoms. The normalized spacial score (nSPS) is 17.5. The molecule has 0 heterocycles. The van der Waals surface area contributed by atoms with Gasteiger partial charge in [0.2, 0.25) is 0 Å². The first kappa shape index (κ1) is 21.9. The van der Waals surface area contributed by atoms with Crippen LogP contribution in [0, 0.1) is 11.3 Å². The molecule has 3 unspecified atom stereocenters. The van der Waals surface area contributed by atoms with Crippen LogP contribution in [0.3, 0.4) is 0 Å². The van der Waals surface area contributed by atoms with Gasteiger partial charge < -0.3 is 10.6 Å². The Morgan fingerprint density at radius 3 is 2.23 bits per heavy atom. The standard InChI is InChI=1S/C20H44N2/c1-7-14-18(5)20(9-3,17-19(21)8-2)15-12-11-13-16-22(6)10-4/h18-19H,7-17,21H2,1-6H3. The van der Waals surface area contributed by atoms with Crippen LogP contribution in [0.4, 0.5) is 0 Å². The van der Waals surface area contributed by atoms with Gasteiger partial charge in [0, 0.05) is 6.04 Å². The Labute approximate surface area is 141 Å². The minimum Gasteiger partial charge on any atom is -0.328 e. The highest BCUT2D eigenvalue weighted by atomic mass is 15.1. The van der Waals surface area contributed by atoms with E-state index in [4.69, 9.17) is 5.73 Å². The summed E-state index contributed by atoms with van der Waals surface area (Å²) in [5.41, 5.74) is 6.82. The third-order valence-corrected chi connectivity index (χ3v) is 5.92. The molecular formula is C20H44N2. The lowest BCUT2D eigenvalue weighted by atomic mass is 9.65. The zero-order valence-electron chi connectivity index (χ0n) is 16.5. The van der Waals surface area contributed by atoms with Crippen molar-refractivity contribution in [1.82, 2.24) is 4.90 Å². The molecule has 2 nitrogen and oxygen atoms in total. The van der Waals surface area contributed by atoms with Gasteiger partial charge >= 0.3 is 0 Å². The van der Waals surface area contributed by atoms with Crippen LogP contribution in [-0.2, 0) is 0 Å². The van der Waals surface area contributed by atoms with Crippen LogP contribution in [0.5, 0.6) is 0 Å². The third kappa shape index (κ3) is 7.97. The molecule has 0 saturated heterocycles. The molecule has 0 aromatic rings. The summed E-state index contributed by atoms with van der Waals surface area (Å²) in [5, 5.41) is 0. The number of rotatable bonds is 14. The Morgan fingerprint density at radius 1 is 1.05 bits per heavy atom. The van der Waals surface area contributed by atoms with E-state index in [0.717, 1.165) is 18.9 Å². The fourth-order valence-electron chi connectivity index (χ4n) is 3.82. The molecule has 0 fully saturated rings. The maximum atomic E-state index is 6.35. The van der Waals surface area contributed by atoms with Gasteiger partial charge in [-0.2, -0.15) is 0 Å². The van der Waals surface area contributed by atoms with E-state index in [2.05, 4.69) is 46.6 Å². The van der Waals surface area contributed by atoms with Gasteiger partial charge in [-0.1, -0.05) is 66.7 Å². The molecule has 0 aromatic carbocycles. The molecule has 2 N–H and O–H groups in total. The molecule has 3 atom stereocenters. The SMILES string of the molecule is CCCC(C)C(CC)(CCCCCN(C)CC)CC(N)CC. The van der Waals surface area contributed by atoms with Crippen LogP contribution in [0.1, 0.15) is 92.4 Å². The topological polar surface area (TPSA) is 29.3 Å². The second kappa shape index (κ2) is 12.4. The molecule has 2 heteroatoms. The van der Waals surface area contributed by atoms with Crippen LogP contribution in [-0.4, -0.2) is 31.1 Å². The lowest BCUT2D eigenvalue weighted by molar-refractivity contribution is 0.108. The number of nitrogens with two attached hydrogens (primary N) is 1. The fourth-order valence-corrected chi connectivity index (χ4v) is 3.82. The summed E-state index contributed by atoms with van der Waals surface area (Å²) in [6, 6.07) is 0.380. The first-order valence-electron chi connectivity index (χ1n) is 9.89. The van der Waals surface area contributed by atoms with Crippen LogP contribution >= 0.6 is 0 Å². The highest BCUT2D eigenvalue weighted by Crippen LogP contribution is 2.43. The van der Waals surface area contributed by atoms with Gasteiger partial charge in [0.25, 0.3) is 0 Å². The Bertz CT molecular complexity index is 254.